The van der Waals surface area contributed by atoms with Crippen molar-refractivity contribution in [3.63, 3.8) is 0 Å². The second-order valence-electron chi connectivity index (χ2n) is 9.64. The van der Waals surface area contributed by atoms with E-state index in [1.54, 1.807) is 6.07 Å². The van der Waals surface area contributed by atoms with Crippen LogP contribution in [0.25, 0.3) is 4.85 Å². The molecule has 2 rings (SSSR count). The van der Waals surface area contributed by atoms with Crippen molar-refractivity contribution in [3.05, 3.63) is 56.2 Å². The Kier molecular flexibility index (Phi) is 11.7. The summed E-state index contributed by atoms with van der Waals surface area (Å²) < 4.78 is 0. The standard InChI is InChI=1S/C29H29N9O2/c1-37-27(17-34)23-11-20(29(36)40)12-26(25(23)16-33)38-8-6-4-2-3-5-7-18-9-19(28(35)39)10-22(24(18)15-32)21(13-30)14-31/h19-20,38H,2-12H2,(H2,35,39)(H2,36,40)/b27-23+. The third-order valence-electron chi connectivity index (χ3n) is 7.15. The van der Waals surface area contributed by atoms with Gasteiger partial charge in [0.2, 0.25) is 11.8 Å². The summed E-state index contributed by atoms with van der Waals surface area (Å²) in [6, 6.07) is 9.61. The van der Waals surface area contributed by atoms with E-state index in [2.05, 4.69) is 22.3 Å². The highest BCUT2D eigenvalue weighted by Gasteiger charge is 2.31. The van der Waals surface area contributed by atoms with Crippen LogP contribution in [-0.2, 0) is 9.59 Å². The second kappa shape index (κ2) is 15.1. The van der Waals surface area contributed by atoms with Gasteiger partial charge in [0.05, 0.1) is 35.9 Å². The molecule has 0 spiro atoms. The molecule has 2 amide bonds. The molecule has 0 saturated heterocycles. The first-order valence-corrected chi connectivity index (χ1v) is 12.9. The van der Waals surface area contributed by atoms with E-state index < -0.39 is 23.7 Å². The van der Waals surface area contributed by atoms with Crippen LogP contribution in [0.2, 0.25) is 0 Å². The first-order valence-electron chi connectivity index (χ1n) is 12.9. The van der Waals surface area contributed by atoms with E-state index in [1.807, 2.05) is 12.1 Å². The van der Waals surface area contributed by atoms with E-state index in [4.69, 9.17) is 18.0 Å². The molecule has 5 N–H and O–H groups in total. The van der Waals surface area contributed by atoms with Crippen LogP contribution in [-0.4, -0.2) is 18.4 Å². The molecule has 0 aromatic rings. The summed E-state index contributed by atoms with van der Waals surface area (Å²) in [7, 11) is 0. The zero-order valence-electron chi connectivity index (χ0n) is 22.1. The van der Waals surface area contributed by atoms with Crippen LogP contribution >= 0.6 is 0 Å². The topological polar surface area (TPSA) is 222 Å². The number of primary amides is 2. The minimum Gasteiger partial charge on any atom is -0.387 e. The molecule has 202 valence electrons. The number of nitriles is 5. The molecule has 2 aliphatic carbocycles. The summed E-state index contributed by atoms with van der Waals surface area (Å²) in [5, 5.41) is 50.4. The summed E-state index contributed by atoms with van der Waals surface area (Å²) in [4.78, 5) is 26.9. The Morgan fingerprint density at radius 1 is 0.800 bits per heavy atom. The Morgan fingerprint density at radius 2 is 1.38 bits per heavy atom. The molecule has 40 heavy (non-hydrogen) atoms. The van der Waals surface area contributed by atoms with Crippen molar-refractivity contribution in [1.29, 1.82) is 26.3 Å². The first-order chi connectivity index (χ1) is 19.3. The largest absolute Gasteiger partial charge is 0.387 e. The molecule has 0 aliphatic heterocycles. The maximum Gasteiger partial charge on any atom is 0.266 e. The number of nitrogens with zero attached hydrogens (tertiary/aromatic N) is 6. The van der Waals surface area contributed by atoms with Gasteiger partial charge in [-0.2, -0.15) is 21.0 Å². The van der Waals surface area contributed by atoms with Crippen molar-refractivity contribution in [2.24, 2.45) is 23.3 Å². The lowest BCUT2D eigenvalue weighted by molar-refractivity contribution is -0.122. The lowest BCUT2D eigenvalue weighted by atomic mass is 9.77. The first kappa shape index (κ1) is 30.9. The Balaban J connectivity index is 1.96. The lowest BCUT2D eigenvalue weighted by Crippen LogP contribution is -2.31. The molecule has 0 aromatic heterocycles. The molecule has 0 radical (unpaired) electrons. The number of carbonyl (C=O) groups excluding carboxylic acids is 2. The third kappa shape index (κ3) is 7.58. The van der Waals surface area contributed by atoms with Gasteiger partial charge in [0, 0.05) is 30.5 Å². The van der Waals surface area contributed by atoms with Gasteiger partial charge < -0.3 is 16.8 Å². The van der Waals surface area contributed by atoms with E-state index in [0.29, 0.717) is 36.2 Å². The van der Waals surface area contributed by atoms with E-state index in [9.17, 15) is 35.9 Å². The van der Waals surface area contributed by atoms with Crippen LogP contribution in [0.3, 0.4) is 0 Å². The van der Waals surface area contributed by atoms with Crippen LogP contribution in [0, 0.1) is 75.1 Å². The number of rotatable bonds is 11. The van der Waals surface area contributed by atoms with Crippen molar-refractivity contribution in [2.75, 3.05) is 6.54 Å². The molecule has 0 aromatic carbocycles. The van der Waals surface area contributed by atoms with E-state index in [-0.39, 0.29) is 41.7 Å². The van der Waals surface area contributed by atoms with Crippen LogP contribution in [0.15, 0.2) is 44.8 Å². The highest BCUT2D eigenvalue weighted by atomic mass is 16.1. The molecule has 0 bridgehead atoms. The number of allylic oxidation sites excluding steroid dienone is 8. The summed E-state index contributed by atoms with van der Waals surface area (Å²) in [5.74, 6) is -2.23. The number of nitrogens with two attached hydrogens (primary N) is 2. The van der Waals surface area contributed by atoms with Gasteiger partial charge in [-0.05, 0) is 49.7 Å². The quantitative estimate of drug-likeness (QED) is 0.202. The van der Waals surface area contributed by atoms with Gasteiger partial charge in [0.25, 0.3) is 5.70 Å². The van der Waals surface area contributed by atoms with Crippen molar-refractivity contribution in [3.8, 4) is 30.3 Å². The highest BCUT2D eigenvalue weighted by Crippen LogP contribution is 2.38. The Hall–Kier alpha value is -5.36. The number of nitrogens with one attached hydrogen (secondary N) is 1. The lowest BCUT2D eigenvalue weighted by Gasteiger charge is -2.26. The average Bonchev–Trinajstić information content (AvgIpc) is 2.95. The predicted molar refractivity (Wildman–Crippen MR) is 142 cm³/mol. The Labute approximate surface area is 233 Å². The molecule has 11 heteroatoms. The SMILES string of the molecule is [C-]#[N+]/C(C#N)=C1\CC(C(N)=O)CC(NCCCCCCCC2=C(C#N)C(=C(C#N)C#N)CC(C(N)=O)C2)=C1C#N. The van der Waals surface area contributed by atoms with Gasteiger partial charge in [-0.15, -0.1) is 0 Å². The minimum atomic E-state index is -0.603. The molecule has 0 saturated carbocycles. The van der Waals surface area contributed by atoms with Crippen molar-refractivity contribution in [1.82, 2.24) is 5.32 Å². The van der Waals surface area contributed by atoms with Gasteiger partial charge in [-0.1, -0.05) is 24.8 Å². The highest BCUT2D eigenvalue weighted by molar-refractivity contribution is 5.79. The van der Waals surface area contributed by atoms with Crippen LogP contribution in [0.4, 0.5) is 0 Å². The van der Waals surface area contributed by atoms with Crippen molar-refractivity contribution < 1.29 is 9.59 Å². The zero-order valence-corrected chi connectivity index (χ0v) is 22.1. The Morgan fingerprint density at radius 3 is 1.93 bits per heavy atom. The number of carbonyl (C=O) groups is 2. The van der Waals surface area contributed by atoms with E-state index in [0.717, 1.165) is 37.7 Å². The fraction of sp³-hybridized carbons (Fsp3) is 0.448. The molecule has 0 fully saturated rings. The van der Waals surface area contributed by atoms with E-state index >= 15 is 0 Å². The summed E-state index contributed by atoms with van der Waals surface area (Å²) in [6.07, 6.45) is 5.48. The van der Waals surface area contributed by atoms with Crippen molar-refractivity contribution in [2.45, 2.75) is 64.2 Å². The maximum atomic E-state index is 11.9. The summed E-state index contributed by atoms with van der Waals surface area (Å²) in [5.41, 5.74) is 13.0. The summed E-state index contributed by atoms with van der Waals surface area (Å²) >= 11 is 0. The zero-order chi connectivity index (χ0) is 29.7. The molecular formula is C29H29N9O2. The van der Waals surface area contributed by atoms with Gasteiger partial charge >= 0.3 is 0 Å². The van der Waals surface area contributed by atoms with Crippen LogP contribution in [0.1, 0.15) is 64.2 Å². The summed E-state index contributed by atoms with van der Waals surface area (Å²) in [6.45, 7) is 7.75. The molecule has 2 atom stereocenters. The van der Waals surface area contributed by atoms with Gasteiger partial charge in [0.15, 0.2) is 0 Å². The third-order valence-corrected chi connectivity index (χ3v) is 7.15. The normalized spacial score (nSPS) is 19.6. The molecule has 0 heterocycles. The van der Waals surface area contributed by atoms with Crippen molar-refractivity contribution >= 4 is 11.8 Å². The van der Waals surface area contributed by atoms with Crippen LogP contribution in [0.5, 0.6) is 0 Å². The second-order valence-corrected chi connectivity index (χ2v) is 9.64. The molecular weight excluding hydrogens is 506 g/mol. The molecule has 11 nitrogen and oxygen atoms in total. The van der Waals surface area contributed by atoms with Crippen LogP contribution < -0.4 is 16.8 Å². The fourth-order valence-corrected chi connectivity index (χ4v) is 5.05. The number of amides is 2. The molecule has 2 unspecified atom stereocenters. The number of unbranched alkanes of at least 4 members (excludes halogenated alkanes) is 4. The smallest absolute Gasteiger partial charge is 0.266 e. The van der Waals surface area contributed by atoms with Gasteiger partial charge in [0.1, 0.15) is 17.7 Å². The average molecular weight is 536 g/mol. The molecule has 2 aliphatic rings. The van der Waals surface area contributed by atoms with E-state index in [1.165, 1.54) is 0 Å². The minimum absolute atomic E-state index is 0.0877. The monoisotopic (exact) mass is 535 g/mol. The Bertz CT molecular complexity index is 1290. The number of hydrogen-bond acceptors (Lipinski definition) is 8. The van der Waals surface area contributed by atoms with Gasteiger partial charge in [-0.3, -0.25) is 9.59 Å². The maximum absolute atomic E-state index is 11.9. The fourth-order valence-electron chi connectivity index (χ4n) is 5.05. The van der Waals surface area contributed by atoms with Gasteiger partial charge in [-0.25, -0.2) is 10.1 Å². The number of hydrogen-bond donors (Lipinski definition) is 3. The predicted octanol–water partition coefficient (Wildman–Crippen LogP) is 3.35.